The molecule has 33 heavy (non-hydrogen) atoms. The Morgan fingerprint density at radius 2 is 2.06 bits per heavy atom. The molecule has 1 atom stereocenters. The first-order valence-corrected chi connectivity index (χ1v) is 10.9. The number of aromatic nitrogens is 3. The molecule has 1 unspecified atom stereocenters. The van der Waals surface area contributed by atoms with Crippen molar-refractivity contribution < 1.29 is 32.3 Å². The van der Waals surface area contributed by atoms with Gasteiger partial charge in [0.25, 0.3) is 0 Å². The topological polar surface area (TPSA) is 82.5 Å². The van der Waals surface area contributed by atoms with E-state index in [0.29, 0.717) is 16.9 Å². The van der Waals surface area contributed by atoms with Gasteiger partial charge in [0.05, 0.1) is 54.8 Å². The van der Waals surface area contributed by atoms with Crippen LogP contribution >= 0.6 is 11.6 Å². The molecular weight excluding hydrogens is 463 g/mol. The van der Waals surface area contributed by atoms with Crippen LogP contribution in [0.2, 0.25) is 5.02 Å². The van der Waals surface area contributed by atoms with Gasteiger partial charge in [0.15, 0.2) is 11.5 Å². The van der Waals surface area contributed by atoms with E-state index in [1.165, 1.54) is 7.11 Å². The third-order valence-electron chi connectivity index (χ3n) is 5.55. The van der Waals surface area contributed by atoms with Crippen LogP contribution < -0.4 is 4.74 Å². The molecule has 1 saturated carbocycles. The lowest BCUT2D eigenvalue weighted by Gasteiger charge is -2.18. The quantitative estimate of drug-likeness (QED) is 0.430. The summed E-state index contributed by atoms with van der Waals surface area (Å²) in [7, 11) is 1.46. The maximum Gasteiger partial charge on any atom is 0.433 e. The van der Waals surface area contributed by atoms with Crippen LogP contribution in [0.4, 0.5) is 13.2 Å². The van der Waals surface area contributed by atoms with Crippen molar-refractivity contribution in [1.82, 2.24) is 14.9 Å². The van der Waals surface area contributed by atoms with Gasteiger partial charge in [0, 0.05) is 5.56 Å². The van der Waals surface area contributed by atoms with E-state index in [9.17, 15) is 18.3 Å². The minimum atomic E-state index is -4.75. The summed E-state index contributed by atoms with van der Waals surface area (Å²) >= 11 is 6.46. The smallest absolute Gasteiger partial charge is 0.433 e. The number of aliphatic hydroxyl groups excluding tert-OH is 1. The molecule has 1 N–H and O–H groups in total. The average molecular weight is 486 g/mol. The number of nitrogens with zero attached hydrogens (tertiary/aromatic N) is 3. The third-order valence-corrected chi connectivity index (χ3v) is 5.94. The zero-order chi connectivity index (χ0) is 23.8. The second-order valence-corrected chi connectivity index (χ2v) is 8.14. The van der Waals surface area contributed by atoms with E-state index in [2.05, 4.69) is 10.3 Å². The van der Waals surface area contributed by atoms with Crippen LogP contribution in [0.25, 0.3) is 22.6 Å². The summed E-state index contributed by atoms with van der Waals surface area (Å²) in [6.07, 6.45) is -1.58. The maximum atomic E-state index is 14.1. The Kier molecular flexibility index (Phi) is 6.69. The van der Waals surface area contributed by atoms with Gasteiger partial charge in [-0.15, -0.1) is 0 Å². The van der Waals surface area contributed by atoms with Crippen LogP contribution in [-0.4, -0.2) is 39.9 Å². The van der Waals surface area contributed by atoms with E-state index in [0.717, 1.165) is 23.7 Å². The van der Waals surface area contributed by atoms with Gasteiger partial charge in [0.2, 0.25) is 0 Å². The molecule has 3 aromatic rings. The number of methoxy groups -OCH3 is 1. The Morgan fingerprint density at radius 1 is 1.30 bits per heavy atom. The molecule has 1 aromatic carbocycles. The summed E-state index contributed by atoms with van der Waals surface area (Å²) in [5.74, 6) is 0.293. The highest BCUT2D eigenvalue weighted by atomic mass is 35.5. The molecule has 0 saturated heterocycles. The normalized spacial score (nSPS) is 15.1. The first kappa shape index (κ1) is 23.6. The molecule has 1 aliphatic carbocycles. The standard InChI is InChI=1S/C22H23ClF3N3O4/c1-3-12(10-30)29-21(22(24,25)26)15(9-27-29)20-16(11-32-13-7-8-13)19(28-33-20)14-5-4-6-17(31-2)18(14)23/h4-6,9,12-13,30H,3,7-8,10-11H2,1-2H3. The molecule has 0 aliphatic heterocycles. The van der Waals surface area contributed by atoms with Crippen LogP contribution in [0.1, 0.15) is 43.5 Å². The third kappa shape index (κ3) is 4.60. The highest BCUT2D eigenvalue weighted by molar-refractivity contribution is 6.34. The molecule has 1 aliphatic rings. The van der Waals surface area contributed by atoms with Gasteiger partial charge in [0.1, 0.15) is 11.4 Å². The second kappa shape index (κ2) is 9.36. The van der Waals surface area contributed by atoms with Crippen LogP contribution in [-0.2, 0) is 17.5 Å². The number of alkyl halides is 3. The van der Waals surface area contributed by atoms with Crippen molar-refractivity contribution in [3.63, 3.8) is 0 Å². The number of rotatable bonds is 9. The fourth-order valence-corrected chi connectivity index (χ4v) is 3.91. The lowest BCUT2D eigenvalue weighted by Crippen LogP contribution is -2.22. The van der Waals surface area contributed by atoms with E-state index in [1.54, 1.807) is 25.1 Å². The van der Waals surface area contributed by atoms with Crippen molar-refractivity contribution in [2.45, 2.75) is 51.1 Å². The average Bonchev–Trinajstić information content (AvgIpc) is 3.35. The van der Waals surface area contributed by atoms with E-state index in [1.807, 2.05) is 0 Å². The molecule has 4 rings (SSSR count). The maximum absolute atomic E-state index is 14.1. The van der Waals surface area contributed by atoms with Gasteiger partial charge in [-0.2, -0.15) is 18.3 Å². The van der Waals surface area contributed by atoms with Crippen molar-refractivity contribution in [2.75, 3.05) is 13.7 Å². The molecule has 2 aromatic heterocycles. The minimum Gasteiger partial charge on any atom is -0.495 e. The van der Waals surface area contributed by atoms with Gasteiger partial charge in [-0.1, -0.05) is 35.8 Å². The highest BCUT2D eigenvalue weighted by Crippen LogP contribution is 2.44. The number of benzene rings is 1. The first-order valence-electron chi connectivity index (χ1n) is 10.5. The summed E-state index contributed by atoms with van der Waals surface area (Å²) in [6.45, 7) is 1.18. The van der Waals surface area contributed by atoms with Crippen molar-refractivity contribution >= 4 is 11.6 Å². The summed E-state index contributed by atoms with van der Waals surface area (Å²) < 4.78 is 59.7. The van der Waals surface area contributed by atoms with Crippen LogP contribution in [0, 0.1) is 0 Å². The predicted molar refractivity (Wildman–Crippen MR) is 114 cm³/mol. The fraction of sp³-hybridized carbons (Fsp3) is 0.455. The number of hydrogen-bond donors (Lipinski definition) is 1. The Bertz CT molecular complexity index is 1120. The number of hydrogen-bond acceptors (Lipinski definition) is 6. The number of ether oxygens (including phenoxy) is 2. The summed E-state index contributed by atoms with van der Waals surface area (Å²) in [6, 6.07) is 4.21. The van der Waals surface area contributed by atoms with Crippen molar-refractivity contribution in [3.05, 3.63) is 40.7 Å². The SMILES string of the molecule is CCC(CO)n1ncc(-c2onc(-c3cccc(OC)c3Cl)c2COC2CC2)c1C(F)(F)F. The Hall–Kier alpha value is -2.56. The largest absolute Gasteiger partial charge is 0.495 e. The molecule has 0 radical (unpaired) electrons. The number of halogens is 4. The van der Waals surface area contributed by atoms with E-state index < -0.39 is 24.5 Å². The Morgan fingerprint density at radius 3 is 2.67 bits per heavy atom. The monoisotopic (exact) mass is 485 g/mol. The van der Waals surface area contributed by atoms with E-state index in [-0.39, 0.29) is 41.2 Å². The van der Waals surface area contributed by atoms with Gasteiger partial charge in [-0.05, 0) is 25.3 Å². The first-order chi connectivity index (χ1) is 15.8. The van der Waals surface area contributed by atoms with Crippen LogP contribution in [0.15, 0.2) is 28.9 Å². The lowest BCUT2D eigenvalue weighted by atomic mass is 10.0. The van der Waals surface area contributed by atoms with Gasteiger partial charge < -0.3 is 19.1 Å². The Labute approximate surface area is 193 Å². The molecule has 0 bridgehead atoms. The highest BCUT2D eigenvalue weighted by Gasteiger charge is 2.42. The molecule has 11 heteroatoms. The van der Waals surface area contributed by atoms with Gasteiger partial charge in [-0.25, -0.2) is 0 Å². The molecule has 2 heterocycles. The molecule has 0 spiro atoms. The van der Waals surface area contributed by atoms with E-state index in [4.69, 9.17) is 25.6 Å². The second-order valence-electron chi connectivity index (χ2n) is 7.76. The molecular formula is C22H23ClF3N3O4. The lowest BCUT2D eigenvalue weighted by molar-refractivity contribution is -0.144. The minimum absolute atomic E-state index is 0.00788. The zero-order valence-corrected chi connectivity index (χ0v) is 18.8. The predicted octanol–water partition coefficient (Wildman–Crippen LogP) is 5.51. The van der Waals surface area contributed by atoms with E-state index >= 15 is 0 Å². The van der Waals surface area contributed by atoms with Crippen molar-refractivity contribution in [1.29, 1.82) is 0 Å². The van der Waals surface area contributed by atoms with Crippen molar-refractivity contribution in [3.8, 4) is 28.3 Å². The summed E-state index contributed by atoms with van der Waals surface area (Å²) in [5.41, 5.74) is -0.246. The van der Waals surface area contributed by atoms with Gasteiger partial charge >= 0.3 is 6.18 Å². The van der Waals surface area contributed by atoms with Gasteiger partial charge in [-0.3, -0.25) is 4.68 Å². The Balaban J connectivity index is 1.89. The van der Waals surface area contributed by atoms with Crippen LogP contribution in [0.5, 0.6) is 5.75 Å². The number of aliphatic hydroxyl groups is 1. The molecule has 0 amide bonds. The van der Waals surface area contributed by atoms with Crippen LogP contribution in [0.3, 0.4) is 0 Å². The summed E-state index contributed by atoms with van der Waals surface area (Å²) in [5, 5.41) is 17.8. The zero-order valence-electron chi connectivity index (χ0n) is 18.0. The fourth-order valence-electron chi connectivity index (χ4n) is 3.62. The molecule has 7 nitrogen and oxygen atoms in total. The van der Waals surface area contributed by atoms with Crippen molar-refractivity contribution in [2.24, 2.45) is 0 Å². The summed E-state index contributed by atoms with van der Waals surface area (Å²) in [4.78, 5) is 0. The molecule has 178 valence electrons. The molecule has 1 fully saturated rings.